The maximum Gasteiger partial charge on any atom is 0.223 e. The van der Waals surface area contributed by atoms with Gasteiger partial charge in [-0.15, -0.1) is 10.2 Å². The molecule has 0 amide bonds. The lowest BCUT2D eigenvalue weighted by molar-refractivity contribution is 0.626. The van der Waals surface area contributed by atoms with Gasteiger partial charge in [-0.3, -0.25) is 0 Å². The maximum atomic E-state index is 5.74. The van der Waals surface area contributed by atoms with Crippen LogP contribution in [0.1, 0.15) is 43.5 Å². The summed E-state index contributed by atoms with van der Waals surface area (Å²) in [5, 5.41) is 13.5. The fourth-order valence-electron chi connectivity index (χ4n) is 2.37. The summed E-state index contributed by atoms with van der Waals surface area (Å²) in [6.07, 6.45) is 4.91. The summed E-state index contributed by atoms with van der Waals surface area (Å²) in [5.41, 5.74) is 5.74. The van der Waals surface area contributed by atoms with Gasteiger partial charge in [-0.1, -0.05) is 0 Å². The van der Waals surface area contributed by atoms with Gasteiger partial charge in [0.25, 0.3) is 0 Å². The molecule has 0 saturated heterocycles. The van der Waals surface area contributed by atoms with E-state index in [9.17, 15) is 0 Å². The van der Waals surface area contributed by atoms with E-state index >= 15 is 0 Å². The molecule has 0 bridgehead atoms. The minimum absolute atomic E-state index is 0.268. The van der Waals surface area contributed by atoms with E-state index in [1.807, 2.05) is 13.1 Å². The second-order valence-corrected chi connectivity index (χ2v) is 6.51. The minimum atomic E-state index is 0.268. The Bertz CT molecular complexity index is 675. The number of nitrogens with two attached hydrogens (primary N) is 1. The Hall–Kier alpha value is -1.83. The van der Waals surface area contributed by atoms with Crippen molar-refractivity contribution in [3.05, 3.63) is 11.9 Å². The number of aromatic nitrogens is 5. The van der Waals surface area contributed by atoms with Gasteiger partial charge in [0.05, 0.1) is 0 Å². The number of nitrogen functional groups attached to an aromatic ring is 1. The van der Waals surface area contributed by atoms with Crippen LogP contribution in [0, 0.1) is 0 Å². The smallest absolute Gasteiger partial charge is 0.223 e. The van der Waals surface area contributed by atoms with Crippen LogP contribution in [0.3, 0.4) is 0 Å². The minimum Gasteiger partial charge on any atom is -0.373 e. The lowest BCUT2D eigenvalue weighted by Crippen LogP contribution is -2.03. The van der Waals surface area contributed by atoms with Crippen LogP contribution in [0.2, 0.25) is 0 Å². The molecule has 2 aromatic heterocycles. The third kappa shape index (κ3) is 2.55. The summed E-state index contributed by atoms with van der Waals surface area (Å²) in [7, 11) is 1.81. The van der Waals surface area contributed by atoms with Crippen molar-refractivity contribution >= 4 is 23.5 Å². The number of nitrogens with zero attached hydrogens (tertiary/aromatic N) is 5. The summed E-state index contributed by atoms with van der Waals surface area (Å²) in [6.45, 7) is 0. The van der Waals surface area contributed by atoms with Crippen LogP contribution in [-0.4, -0.2) is 31.8 Å². The van der Waals surface area contributed by atoms with Crippen molar-refractivity contribution in [2.24, 2.45) is 0 Å². The average molecular weight is 303 g/mol. The van der Waals surface area contributed by atoms with Crippen molar-refractivity contribution in [3.8, 4) is 0 Å². The second kappa shape index (κ2) is 4.87. The summed E-state index contributed by atoms with van der Waals surface area (Å²) in [5.74, 6) is 2.74. The molecule has 0 atom stereocenters. The summed E-state index contributed by atoms with van der Waals surface area (Å²) in [6, 6.07) is 2.45. The molecule has 0 aliphatic heterocycles. The van der Waals surface area contributed by atoms with E-state index in [0.717, 1.165) is 16.0 Å². The van der Waals surface area contributed by atoms with Crippen molar-refractivity contribution in [1.82, 2.24) is 24.7 Å². The number of rotatable bonds is 5. The maximum absolute atomic E-state index is 5.74. The molecule has 7 nitrogen and oxygen atoms in total. The van der Waals surface area contributed by atoms with Crippen LogP contribution in [0.5, 0.6) is 0 Å². The highest BCUT2D eigenvalue weighted by molar-refractivity contribution is 7.99. The molecule has 0 unspecified atom stereocenters. The quantitative estimate of drug-likeness (QED) is 0.816. The SMILES string of the molecule is CNc1cc(Sc2nnc(C3CC3)n2C2CC2)nc(N)n1. The van der Waals surface area contributed by atoms with Gasteiger partial charge in [-0.05, 0) is 37.4 Å². The molecule has 0 aromatic carbocycles. The standard InChI is InChI=1S/C13H17N7S/c1-15-9-6-10(17-12(14)16-9)21-13-19-18-11(7-2-3-7)20(13)8-4-5-8/h6-8H,2-5H2,1H3,(H3,14,15,16,17). The highest BCUT2D eigenvalue weighted by atomic mass is 32.2. The highest BCUT2D eigenvalue weighted by Gasteiger charge is 2.36. The largest absolute Gasteiger partial charge is 0.373 e. The van der Waals surface area contributed by atoms with Gasteiger partial charge in [0.1, 0.15) is 16.7 Å². The first-order chi connectivity index (χ1) is 10.2. The molecular formula is C13H17N7S. The van der Waals surface area contributed by atoms with Crippen LogP contribution in [0.4, 0.5) is 11.8 Å². The Morgan fingerprint density at radius 1 is 1.24 bits per heavy atom. The zero-order valence-corrected chi connectivity index (χ0v) is 12.6. The number of nitrogens with one attached hydrogen (secondary N) is 1. The predicted molar refractivity (Wildman–Crippen MR) is 80.4 cm³/mol. The third-order valence-corrected chi connectivity index (χ3v) is 4.60. The monoisotopic (exact) mass is 303 g/mol. The first-order valence-corrected chi connectivity index (χ1v) is 8.01. The Morgan fingerprint density at radius 2 is 2.05 bits per heavy atom. The van der Waals surface area contributed by atoms with E-state index in [-0.39, 0.29) is 5.95 Å². The Labute approximate surface area is 126 Å². The van der Waals surface area contributed by atoms with Crippen molar-refractivity contribution in [1.29, 1.82) is 0 Å². The molecule has 0 spiro atoms. The topological polar surface area (TPSA) is 94.5 Å². The zero-order chi connectivity index (χ0) is 14.4. The van der Waals surface area contributed by atoms with Crippen LogP contribution in [0.25, 0.3) is 0 Å². The van der Waals surface area contributed by atoms with Crippen LogP contribution < -0.4 is 11.1 Å². The molecule has 21 heavy (non-hydrogen) atoms. The molecule has 110 valence electrons. The number of hydrogen-bond donors (Lipinski definition) is 2. The molecule has 2 saturated carbocycles. The van der Waals surface area contributed by atoms with Gasteiger partial charge in [0.2, 0.25) is 5.95 Å². The van der Waals surface area contributed by atoms with E-state index in [2.05, 4.69) is 30.0 Å². The van der Waals surface area contributed by atoms with Crippen LogP contribution >= 0.6 is 11.8 Å². The lowest BCUT2D eigenvalue weighted by Gasteiger charge is -2.08. The lowest BCUT2D eigenvalue weighted by atomic mass is 10.4. The van der Waals surface area contributed by atoms with Gasteiger partial charge in [-0.25, -0.2) is 4.98 Å². The Kier molecular flexibility index (Phi) is 2.99. The number of hydrogen-bond acceptors (Lipinski definition) is 7. The molecule has 2 aliphatic rings. The van der Waals surface area contributed by atoms with Gasteiger partial charge < -0.3 is 15.6 Å². The second-order valence-electron chi connectivity index (χ2n) is 5.52. The molecule has 2 aliphatic carbocycles. The number of anilines is 2. The first-order valence-electron chi connectivity index (χ1n) is 7.19. The average Bonchev–Trinajstić information content (AvgIpc) is 3.37. The molecular weight excluding hydrogens is 286 g/mol. The normalized spacial score (nSPS) is 18.0. The van der Waals surface area contributed by atoms with E-state index in [1.165, 1.54) is 37.4 Å². The summed E-state index contributed by atoms with van der Waals surface area (Å²) >= 11 is 1.51. The van der Waals surface area contributed by atoms with E-state index < -0.39 is 0 Å². The Morgan fingerprint density at radius 3 is 2.71 bits per heavy atom. The van der Waals surface area contributed by atoms with Gasteiger partial charge >= 0.3 is 0 Å². The van der Waals surface area contributed by atoms with Gasteiger partial charge in [0.15, 0.2) is 5.16 Å². The molecule has 8 heteroatoms. The van der Waals surface area contributed by atoms with E-state index in [0.29, 0.717) is 17.8 Å². The van der Waals surface area contributed by atoms with Crippen molar-refractivity contribution in [2.75, 3.05) is 18.1 Å². The molecule has 2 fully saturated rings. The molecule has 2 aromatic rings. The molecule has 2 heterocycles. The van der Waals surface area contributed by atoms with Crippen LogP contribution in [-0.2, 0) is 0 Å². The van der Waals surface area contributed by atoms with Gasteiger partial charge in [0, 0.05) is 25.1 Å². The molecule has 3 N–H and O–H groups in total. The summed E-state index contributed by atoms with van der Waals surface area (Å²) < 4.78 is 2.31. The first kappa shape index (κ1) is 12.9. The predicted octanol–water partition coefficient (Wildman–Crippen LogP) is 2.06. The molecule has 4 rings (SSSR count). The third-order valence-electron chi connectivity index (χ3n) is 3.72. The van der Waals surface area contributed by atoms with Gasteiger partial charge in [-0.2, -0.15) is 4.98 Å². The van der Waals surface area contributed by atoms with E-state index in [4.69, 9.17) is 5.73 Å². The zero-order valence-electron chi connectivity index (χ0n) is 11.8. The van der Waals surface area contributed by atoms with Crippen LogP contribution in [0.15, 0.2) is 16.2 Å². The fraction of sp³-hybridized carbons (Fsp3) is 0.538. The van der Waals surface area contributed by atoms with E-state index in [1.54, 1.807) is 0 Å². The van der Waals surface area contributed by atoms with Crippen molar-refractivity contribution in [2.45, 2.75) is 47.8 Å². The summed E-state index contributed by atoms with van der Waals surface area (Å²) in [4.78, 5) is 8.38. The molecule has 0 radical (unpaired) electrons. The Balaban J connectivity index is 1.66. The van der Waals surface area contributed by atoms with Crippen molar-refractivity contribution < 1.29 is 0 Å². The fourth-order valence-corrected chi connectivity index (χ4v) is 3.29. The highest BCUT2D eigenvalue weighted by Crippen LogP contribution is 2.46. The van der Waals surface area contributed by atoms with Crippen molar-refractivity contribution in [3.63, 3.8) is 0 Å².